The summed E-state index contributed by atoms with van der Waals surface area (Å²) < 4.78 is 11.0. The molecule has 0 saturated heterocycles. The predicted molar refractivity (Wildman–Crippen MR) is 74.4 cm³/mol. The van der Waals surface area contributed by atoms with Gasteiger partial charge < -0.3 is 15.2 Å². The first-order valence-electron chi connectivity index (χ1n) is 5.85. The summed E-state index contributed by atoms with van der Waals surface area (Å²) in [5.41, 5.74) is 6.63. The maximum absolute atomic E-state index is 5.74. The fourth-order valence-electron chi connectivity index (χ4n) is 1.67. The van der Waals surface area contributed by atoms with Crippen molar-refractivity contribution in [1.82, 2.24) is 0 Å². The fraction of sp³-hybridized carbons (Fsp3) is 0.286. The van der Waals surface area contributed by atoms with Crippen LogP contribution in [-0.2, 0) is 13.0 Å². The number of thiophene rings is 1. The molecule has 0 aliphatic heterocycles. The lowest BCUT2D eigenvalue weighted by molar-refractivity contribution is 0.298. The molecular weight excluding hydrogens is 246 g/mol. The third-order valence-corrected chi connectivity index (χ3v) is 3.59. The monoisotopic (exact) mass is 263 g/mol. The normalized spacial score (nSPS) is 10.3. The van der Waals surface area contributed by atoms with E-state index in [0.717, 1.165) is 23.5 Å². The van der Waals surface area contributed by atoms with E-state index >= 15 is 0 Å². The Morgan fingerprint density at radius 2 is 2.11 bits per heavy atom. The zero-order valence-corrected chi connectivity index (χ0v) is 11.2. The van der Waals surface area contributed by atoms with Gasteiger partial charge in [-0.15, -0.1) is 11.3 Å². The maximum Gasteiger partial charge on any atom is 0.161 e. The molecule has 3 nitrogen and oxygen atoms in total. The molecule has 0 spiro atoms. The van der Waals surface area contributed by atoms with Gasteiger partial charge in [-0.1, -0.05) is 12.1 Å². The zero-order chi connectivity index (χ0) is 12.8. The molecule has 0 aliphatic carbocycles. The van der Waals surface area contributed by atoms with Crippen LogP contribution in [0.4, 0.5) is 0 Å². The molecule has 2 rings (SSSR count). The third kappa shape index (κ3) is 3.24. The van der Waals surface area contributed by atoms with E-state index < -0.39 is 0 Å². The van der Waals surface area contributed by atoms with Crippen LogP contribution < -0.4 is 15.2 Å². The Morgan fingerprint density at radius 3 is 2.78 bits per heavy atom. The van der Waals surface area contributed by atoms with Crippen LogP contribution >= 0.6 is 11.3 Å². The Kier molecular flexibility index (Phi) is 4.61. The van der Waals surface area contributed by atoms with E-state index in [0.29, 0.717) is 13.2 Å². The van der Waals surface area contributed by atoms with Gasteiger partial charge in [-0.2, -0.15) is 0 Å². The van der Waals surface area contributed by atoms with Gasteiger partial charge in [0.1, 0.15) is 0 Å². The molecule has 0 amide bonds. The molecule has 2 N–H and O–H groups in total. The van der Waals surface area contributed by atoms with Crippen LogP contribution in [0, 0.1) is 0 Å². The topological polar surface area (TPSA) is 44.5 Å². The molecule has 2 aromatic rings. The van der Waals surface area contributed by atoms with Crippen molar-refractivity contribution in [2.75, 3.05) is 13.7 Å². The highest BCUT2D eigenvalue weighted by Crippen LogP contribution is 2.28. The van der Waals surface area contributed by atoms with Crippen LogP contribution in [0.3, 0.4) is 0 Å². The molecule has 1 aromatic heterocycles. The van der Waals surface area contributed by atoms with Crippen LogP contribution in [0.15, 0.2) is 35.7 Å². The standard InChI is InChI=1S/C14H17NO2S/c1-16-14-9-11(10-15)4-5-13(14)17-7-6-12-3-2-8-18-12/h2-5,8-9H,6-7,10,15H2,1H3. The summed E-state index contributed by atoms with van der Waals surface area (Å²) in [5, 5.41) is 2.08. The Morgan fingerprint density at radius 1 is 1.22 bits per heavy atom. The predicted octanol–water partition coefficient (Wildman–Crippen LogP) is 2.84. The van der Waals surface area contributed by atoms with Crippen molar-refractivity contribution in [1.29, 1.82) is 0 Å². The number of rotatable bonds is 6. The Balaban J connectivity index is 1.96. The Hall–Kier alpha value is -1.52. The lowest BCUT2D eigenvalue weighted by atomic mass is 10.2. The van der Waals surface area contributed by atoms with Gasteiger partial charge >= 0.3 is 0 Å². The van der Waals surface area contributed by atoms with E-state index in [2.05, 4.69) is 17.5 Å². The molecule has 0 radical (unpaired) electrons. The van der Waals surface area contributed by atoms with Crippen LogP contribution in [0.5, 0.6) is 11.5 Å². The third-order valence-electron chi connectivity index (χ3n) is 2.65. The molecule has 1 aromatic carbocycles. The van der Waals surface area contributed by atoms with Gasteiger partial charge in [0.05, 0.1) is 13.7 Å². The van der Waals surface area contributed by atoms with E-state index in [1.807, 2.05) is 18.2 Å². The molecule has 0 unspecified atom stereocenters. The maximum atomic E-state index is 5.74. The highest BCUT2D eigenvalue weighted by molar-refractivity contribution is 7.09. The number of nitrogens with two attached hydrogens (primary N) is 1. The summed E-state index contributed by atoms with van der Waals surface area (Å²) >= 11 is 1.75. The van der Waals surface area contributed by atoms with E-state index in [1.54, 1.807) is 18.4 Å². The molecule has 1 heterocycles. The van der Waals surface area contributed by atoms with Gasteiger partial charge in [0.2, 0.25) is 0 Å². The van der Waals surface area contributed by atoms with Crippen molar-refractivity contribution in [3.63, 3.8) is 0 Å². The van der Waals surface area contributed by atoms with E-state index in [9.17, 15) is 0 Å². The summed E-state index contributed by atoms with van der Waals surface area (Å²) in [4.78, 5) is 1.33. The van der Waals surface area contributed by atoms with Gasteiger partial charge in [-0.25, -0.2) is 0 Å². The van der Waals surface area contributed by atoms with Crippen molar-refractivity contribution in [3.05, 3.63) is 46.2 Å². The van der Waals surface area contributed by atoms with Crippen molar-refractivity contribution >= 4 is 11.3 Å². The van der Waals surface area contributed by atoms with Crippen LogP contribution in [0.2, 0.25) is 0 Å². The van der Waals surface area contributed by atoms with Crippen LogP contribution in [0.1, 0.15) is 10.4 Å². The Bertz CT molecular complexity index is 483. The number of benzene rings is 1. The first kappa shape index (κ1) is 12.9. The molecule has 0 fully saturated rings. The minimum atomic E-state index is 0.506. The zero-order valence-electron chi connectivity index (χ0n) is 10.4. The van der Waals surface area contributed by atoms with Crippen molar-refractivity contribution < 1.29 is 9.47 Å². The van der Waals surface area contributed by atoms with Crippen molar-refractivity contribution in [2.45, 2.75) is 13.0 Å². The van der Waals surface area contributed by atoms with E-state index in [1.165, 1.54) is 4.88 Å². The SMILES string of the molecule is COc1cc(CN)ccc1OCCc1cccs1. The van der Waals surface area contributed by atoms with E-state index in [-0.39, 0.29) is 0 Å². The second-order valence-corrected chi connectivity index (χ2v) is 4.90. The van der Waals surface area contributed by atoms with Gasteiger partial charge in [0.15, 0.2) is 11.5 Å². The van der Waals surface area contributed by atoms with Crippen molar-refractivity contribution in [2.24, 2.45) is 5.73 Å². The Labute approximate surface area is 111 Å². The summed E-state index contributed by atoms with van der Waals surface area (Å²) in [6.45, 7) is 1.16. The molecule has 0 saturated carbocycles. The van der Waals surface area contributed by atoms with E-state index in [4.69, 9.17) is 15.2 Å². The second kappa shape index (κ2) is 6.42. The molecular formula is C14H17NO2S. The van der Waals surface area contributed by atoms with Gasteiger partial charge in [0, 0.05) is 17.8 Å². The highest BCUT2D eigenvalue weighted by Gasteiger charge is 2.05. The number of methoxy groups -OCH3 is 1. The summed E-state index contributed by atoms with van der Waals surface area (Å²) in [6.07, 6.45) is 0.916. The molecule has 18 heavy (non-hydrogen) atoms. The van der Waals surface area contributed by atoms with Crippen molar-refractivity contribution in [3.8, 4) is 11.5 Å². The van der Waals surface area contributed by atoms with Gasteiger partial charge in [0.25, 0.3) is 0 Å². The largest absolute Gasteiger partial charge is 0.493 e. The van der Waals surface area contributed by atoms with Gasteiger partial charge in [-0.05, 0) is 29.1 Å². The summed E-state index contributed by atoms with van der Waals surface area (Å²) in [7, 11) is 1.64. The number of ether oxygens (including phenoxy) is 2. The quantitative estimate of drug-likeness (QED) is 0.871. The molecule has 96 valence electrons. The van der Waals surface area contributed by atoms with Crippen LogP contribution in [-0.4, -0.2) is 13.7 Å². The van der Waals surface area contributed by atoms with Gasteiger partial charge in [-0.3, -0.25) is 0 Å². The molecule has 4 heteroatoms. The lowest BCUT2D eigenvalue weighted by Gasteiger charge is -2.11. The fourth-order valence-corrected chi connectivity index (χ4v) is 2.36. The highest BCUT2D eigenvalue weighted by atomic mass is 32.1. The summed E-state index contributed by atoms with van der Waals surface area (Å²) in [5.74, 6) is 1.51. The molecule has 0 bridgehead atoms. The molecule has 0 atom stereocenters. The smallest absolute Gasteiger partial charge is 0.161 e. The minimum Gasteiger partial charge on any atom is -0.493 e. The number of hydrogen-bond donors (Lipinski definition) is 1. The number of hydrogen-bond acceptors (Lipinski definition) is 4. The average Bonchev–Trinajstić information content (AvgIpc) is 2.92. The second-order valence-electron chi connectivity index (χ2n) is 3.87. The average molecular weight is 263 g/mol. The first-order chi connectivity index (χ1) is 8.83. The lowest BCUT2D eigenvalue weighted by Crippen LogP contribution is -2.03. The first-order valence-corrected chi connectivity index (χ1v) is 6.73. The molecule has 0 aliphatic rings. The summed E-state index contributed by atoms with van der Waals surface area (Å²) in [6, 6.07) is 9.96. The van der Waals surface area contributed by atoms with Crippen LogP contribution in [0.25, 0.3) is 0 Å². The minimum absolute atomic E-state index is 0.506.